The van der Waals surface area contributed by atoms with Crippen molar-refractivity contribution in [1.29, 1.82) is 0 Å². The molecule has 0 atom stereocenters. The first kappa shape index (κ1) is 137. The van der Waals surface area contributed by atoms with Gasteiger partial charge in [0.25, 0.3) is 0 Å². The molecule has 840 valence electrons. The van der Waals surface area contributed by atoms with E-state index in [0.717, 1.165) is 0 Å². The Morgan fingerprint density at radius 2 is 0.150 bits per heavy atom. The summed E-state index contributed by atoms with van der Waals surface area (Å²) in [7, 11) is 1.64. The highest BCUT2D eigenvalue weighted by Gasteiger charge is 2.07. The number of hydrogen-bond acceptors (Lipinski definition) is 47. The quantitative estimate of drug-likeness (QED) is 0.0657. The number of carboxylic acid groups (broad SMARTS) is 1. The second-order valence-corrected chi connectivity index (χ2v) is 28.1. The molecule has 0 aromatic heterocycles. The molecule has 140 heavy (non-hydrogen) atoms. The summed E-state index contributed by atoms with van der Waals surface area (Å²) in [5.41, 5.74) is 0. The SMILES string of the molecule is COCCOCCOCCOCCOCCOCCOCCOCCOCCOCCOCCOCCOCCOCCOCCOCCOCCOCCOCCOCCOCCOCCOCCOCCOCCOCCOCCOCCOCCOCCOCCOCCOCCOCCOCCOCCOCCOCCOCCOCCOCCOCCOCCOCCOCCOC(=O)O. The zero-order valence-corrected chi connectivity index (χ0v) is 84.8. The largest absolute Gasteiger partial charge is 0.505 e. The number of methoxy groups -OCH3 is 1. The van der Waals surface area contributed by atoms with Crippen molar-refractivity contribution in [2.24, 2.45) is 0 Å². The van der Waals surface area contributed by atoms with Crippen LogP contribution in [0, 0.1) is 0 Å². The molecule has 48 heteroatoms. The fourth-order valence-electron chi connectivity index (χ4n) is 9.89. The van der Waals surface area contributed by atoms with E-state index in [0.29, 0.717) is 581 Å². The monoisotopic (exact) mass is 2060 g/mol. The van der Waals surface area contributed by atoms with Crippen molar-refractivity contribution >= 4 is 6.16 Å². The molecule has 0 heterocycles. The summed E-state index contributed by atoms with van der Waals surface area (Å²) in [6, 6.07) is 0. The molecule has 0 amide bonds. The van der Waals surface area contributed by atoms with Gasteiger partial charge < -0.3 is 223 Å². The normalized spacial score (nSPS) is 11.8. The molecule has 48 nitrogen and oxygen atoms in total. The molecule has 0 aliphatic rings. The molecule has 0 saturated carbocycles. The van der Waals surface area contributed by atoms with Gasteiger partial charge in [0.15, 0.2) is 0 Å². The molecule has 0 aliphatic heterocycles. The summed E-state index contributed by atoms with van der Waals surface area (Å²) >= 11 is 0. The van der Waals surface area contributed by atoms with Crippen molar-refractivity contribution in [2.75, 3.05) is 602 Å². The van der Waals surface area contributed by atoms with Crippen LogP contribution in [0.5, 0.6) is 0 Å². The van der Waals surface area contributed by atoms with Crippen LogP contribution in [-0.2, 0) is 218 Å². The van der Waals surface area contributed by atoms with E-state index in [1.54, 1.807) is 7.11 Å². The van der Waals surface area contributed by atoms with Crippen LogP contribution in [0.15, 0.2) is 0 Å². The van der Waals surface area contributed by atoms with Crippen molar-refractivity contribution in [3.63, 3.8) is 0 Å². The summed E-state index contributed by atoms with van der Waals surface area (Å²) in [4.78, 5) is 10.2. The average molecular weight is 2060 g/mol. The maximum absolute atomic E-state index is 10.2. The van der Waals surface area contributed by atoms with Gasteiger partial charge in [-0.2, -0.15) is 0 Å². The summed E-state index contributed by atoms with van der Waals surface area (Å²) < 4.78 is 252. The maximum Gasteiger partial charge on any atom is 0.505 e. The number of carbonyl (C=O) groups is 1. The van der Waals surface area contributed by atoms with Crippen LogP contribution in [0.1, 0.15) is 0 Å². The van der Waals surface area contributed by atoms with Gasteiger partial charge in [-0.05, 0) is 0 Å². The first-order valence-corrected chi connectivity index (χ1v) is 49.5. The fraction of sp³-hybridized carbons (Fsp3) is 0.989. The average Bonchev–Trinajstić information content (AvgIpc) is 1.11. The Morgan fingerprint density at radius 3 is 0.200 bits per heavy atom. The zero-order valence-electron chi connectivity index (χ0n) is 84.8. The molecular weight excluding hydrogens is 1870 g/mol. The van der Waals surface area contributed by atoms with Gasteiger partial charge in [0.1, 0.15) is 6.61 Å². The first-order valence-electron chi connectivity index (χ1n) is 49.5. The highest BCUT2D eigenvalue weighted by Crippen LogP contribution is 1.98. The lowest BCUT2D eigenvalue weighted by molar-refractivity contribution is -0.0329. The van der Waals surface area contributed by atoms with Gasteiger partial charge in [-0.3, -0.25) is 0 Å². The summed E-state index contributed by atoms with van der Waals surface area (Å²) in [6.07, 6.45) is -1.32. The highest BCUT2D eigenvalue weighted by molar-refractivity contribution is 5.56. The Bertz CT molecular complexity index is 1960. The van der Waals surface area contributed by atoms with E-state index in [1.165, 1.54) is 0 Å². The standard InChI is InChI=1S/C92H184O48/c1-95-2-3-96-4-5-97-6-7-98-8-9-99-10-11-100-12-13-101-14-15-102-16-17-103-18-19-104-20-21-105-22-23-106-24-25-107-26-27-108-28-29-109-30-31-110-32-33-111-34-35-112-36-37-113-38-39-114-40-41-115-42-43-116-44-45-117-46-47-118-48-49-119-50-51-120-52-53-121-54-55-122-56-57-123-58-59-124-60-61-125-62-63-126-64-65-127-66-67-128-68-69-129-70-71-130-72-73-131-74-75-132-76-77-133-78-79-134-80-81-135-82-83-136-84-85-137-86-87-138-88-89-139-90-91-140-92(93)94/h2-91H2,1H3,(H,93,94). The van der Waals surface area contributed by atoms with E-state index in [9.17, 15) is 4.79 Å². The van der Waals surface area contributed by atoms with Crippen molar-refractivity contribution < 1.29 is 228 Å². The molecule has 0 bridgehead atoms. The highest BCUT2D eigenvalue weighted by atomic mass is 16.7. The topological polar surface area (TPSA) is 462 Å². The predicted octanol–water partition coefficient (Wildman–Crippen LogP) is 1.06. The van der Waals surface area contributed by atoms with Crippen LogP contribution in [0.25, 0.3) is 0 Å². The van der Waals surface area contributed by atoms with Crippen LogP contribution >= 0.6 is 0 Å². The van der Waals surface area contributed by atoms with E-state index < -0.39 is 6.16 Å². The molecule has 0 aromatic rings. The Morgan fingerprint density at radius 1 is 0.100 bits per heavy atom. The molecule has 0 aromatic carbocycles. The van der Waals surface area contributed by atoms with E-state index in [2.05, 4.69) is 4.74 Å². The van der Waals surface area contributed by atoms with Gasteiger partial charge in [0, 0.05) is 7.11 Å². The number of rotatable bonds is 135. The Kier molecular flexibility index (Phi) is 132. The maximum atomic E-state index is 10.2. The molecule has 0 spiro atoms. The third-order valence-corrected chi connectivity index (χ3v) is 16.9. The molecule has 0 saturated heterocycles. The van der Waals surface area contributed by atoms with Gasteiger partial charge in [-0.15, -0.1) is 0 Å². The van der Waals surface area contributed by atoms with E-state index in [4.69, 9.17) is 218 Å². The van der Waals surface area contributed by atoms with Crippen molar-refractivity contribution in [3.05, 3.63) is 0 Å². The van der Waals surface area contributed by atoms with Gasteiger partial charge >= 0.3 is 6.16 Å². The molecular formula is C92H184O48. The van der Waals surface area contributed by atoms with Gasteiger partial charge in [0.2, 0.25) is 0 Å². The second-order valence-electron chi connectivity index (χ2n) is 28.1. The Balaban J connectivity index is 3.11. The third-order valence-electron chi connectivity index (χ3n) is 16.9. The number of hydrogen-bond donors (Lipinski definition) is 1. The van der Waals surface area contributed by atoms with Gasteiger partial charge in [-0.1, -0.05) is 0 Å². The first-order chi connectivity index (χ1) is 69.8. The van der Waals surface area contributed by atoms with Gasteiger partial charge in [-0.25, -0.2) is 4.79 Å². The minimum absolute atomic E-state index is 0.00420. The molecule has 0 aliphatic carbocycles. The van der Waals surface area contributed by atoms with E-state index >= 15 is 0 Å². The molecule has 0 radical (unpaired) electrons. The number of ether oxygens (including phenoxy) is 46. The van der Waals surface area contributed by atoms with Crippen LogP contribution in [-0.4, -0.2) is 613 Å². The zero-order chi connectivity index (χ0) is 99.7. The second kappa shape index (κ2) is 134. The lowest BCUT2D eigenvalue weighted by Crippen LogP contribution is -2.16. The van der Waals surface area contributed by atoms with Crippen LogP contribution in [0.3, 0.4) is 0 Å². The molecule has 1 N–H and O–H groups in total. The molecule has 0 fully saturated rings. The molecule has 0 rings (SSSR count). The Hall–Kier alpha value is -2.53. The lowest BCUT2D eigenvalue weighted by Gasteiger charge is -2.09. The fourth-order valence-corrected chi connectivity index (χ4v) is 9.89. The third kappa shape index (κ3) is 135. The van der Waals surface area contributed by atoms with E-state index in [-0.39, 0.29) is 13.2 Å². The lowest BCUT2D eigenvalue weighted by atomic mass is 10.6. The Labute approximate surface area is 832 Å². The predicted molar refractivity (Wildman–Crippen MR) is 502 cm³/mol. The summed E-state index contributed by atoms with van der Waals surface area (Å²) in [5, 5.41) is 8.36. The van der Waals surface area contributed by atoms with Crippen molar-refractivity contribution in [3.8, 4) is 0 Å². The minimum Gasteiger partial charge on any atom is -0.450 e. The minimum atomic E-state index is -1.32. The van der Waals surface area contributed by atoms with E-state index in [1.807, 2.05) is 0 Å². The summed E-state index contributed by atoms with van der Waals surface area (Å²) in [5.74, 6) is 0. The van der Waals surface area contributed by atoms with Crippen LogP contribution in [0.2, 0.25) is 0 Å². The van der Waals surface area contributed by atoms with Crippen molar-refractivity contribution in [2.45, 2.75) is 0 Å². The summed E-state index contributed by atoms with van der Waals surface area (Å²) in [6.45, 7) is 42.0. The smallest absolute Gasteiger partial charge is 0.450 e. The van der Waals surface area contributed by atoms with Gasteiger partial charge in [0.05, 0.1) is 588 Å². The van der Waals surface area contributed by atoms with Crippen LogP contribution < -0.4 is 0 Å². The van der Waals surface area contributed by atoms with Crippen molar-refractivity contribution in [1.82, 2.24) is 0 Å². The van der Waals surface area contributed by atoms with Crippen LogP contribution in [0.4, 0.5) is 4.79 Å². The molecule has 0 unspecified atom stereocenters.